The van der Waals surface area contributed by atoms with E-state index in [1.54, 1.807) is 12.1 Å². The van der Waals surface area contributed by atoms with Crippen molar-refractivity contribution in [3.63, 3.8) is 0 Å². The Morgan fingerprint density at radius 3 is 2.78 bits per heavy atom. The van der Waals surface area contributed by atoms with Crippen molar-refractivity contribution in [1.82, 2.24) is 30.4 Å². The quantitative estimate of drug-likeness (QED) is 0.390. The molecule has 9 nitrogen and oxygen atoms in total. The van der Waals surface area contributed by atoms with Gasteiger partial charge in [-0.2, -0.15) is 18.3 Å². The Bertz CT molecular complexity index is 1450. The minimum atomic E-state index is -4.41. The van der Waals surface area contributed by atoms with Crippen molar-refractivity contribution in [2.75, 3.05) is 6.54 Å². The summed E-state index contributed by atoms with van der Waals surface area (Å²) in [6.45, 7) is -0.444. The van der Waals surface area contributed by atoms with Crippen LogP contribution in [0.4, 0.5) is 22.0 Å². The van der Waals surface area contributed by atoms with Gasteiger partial charge in [-0.3, -0.25) is 9.59 Å². The molecule has 1 saturated heterocycles. The van der Waals surface area contributed by atoms with Crippen molar-refractivity contribution in [3.8, 4) is 0 Å². The van der Waals surface area contributed by atoms with E-state index in [1.165, 1.54) is 17.0 Å². The highest BCUT2D eigenvalue weighted by atomic mass is 19.4. The summed E-state index contributed by atoms with van der Waals surface area (Å²) in [6.07, 6.45) is -0.0499. The summed E-state index contributed by atoms with van der Waals surface area (Å²) in [5.41, 5.74) is 1.91. The molecular formula is C27H29F5N6O3. The third-order valence-corrected chi connectivity index (χ3v) is 8.34. The molecule has 0 aromatic carbocycles. The van der Waals surface area contributed by atoms with Crippen LogP contribution in [0.25, 0.3) is 5.65 Å². The lowest BCUT2D eigenvalue weighted by molar-refractivity contribution is -0.183. The number of nitrogens with zero attached hydrogens (tertiary/aromatic N) is 4. The maximum atomic E-state index is 14.5. The van der Waals surface area contributed by atoms with Crippen molar-refractivity contribution < 1.29 is 36.1 Å². The molecule has 1 aliphatic heterocycles. The topological polar surface area (TPSA) is 114 Å². The molecule has 0 spiro atoms. The lowest BCUT2D eigenvalue weighted by atomic mass is 9.80. The Kier molecular flexibility index (Phi) is 6.97. The van der Waals surface area contributed by atoms with Crippen LogP contribution in [0.2, 0.25) is 0 Å². The van der Waals surface area contributed by atoms with Crippen molar-refractivity contribution in [1.29, 1.82) is 0 Å². The van der Waals surface area contributed by atoms with Gasteiger partial charge in [0.25, 0.3) is 5.91 Å². The number of alkyl halides is 5. The average Bonchev–Trinajstić information content (AvgIpc) is 3.47. The standard InChI is InChI=1S/C27H29F5N6O3/c28-26(29)7-1-2-15(10-26)23(35-25(40)19-13-41-37-22(19)14-3-4-14)20-12-38-21(34-20)6-5-18(36-38)9-16-8-17(27(30,31)32)11-33-24(16)39/h5-6,12-17,23H,1-4,7-11H2,(H,33,39)(H,35,40)/t15-,16?,17+,23?/m0/s1. The molecule has 6 rings (SSSR count). The number of hydrogen-bond donors (Lipinski definition) is 2. The van der Waals surface area contributed by atoms with Gasteiger partial charge in [0.05, 0.1) is 35.2 Å². The molecule has 14 heteroatoms. The van der Waals surface area contributed by atoms with Crippen LogP contribution in [0.1, 0.15) is 84.3 Å². The molecule has 3 aliphatic rings. The number of halogens is 5. The predicted molar refractivity (Wildman–Crippen MR) is 133 cm³/mol. The molecule has 0 radical (unpaired) electrons. The number of rotatable bonds is 7. The molecule has 0 bridgehead atoms. The Balaban J connectivity index is 1.26. The second kappa shape index (κ2) is 10.4. The number of piperidine rings is 1. The van der Waals surface area contributed by atoms with Gasteiger partial charge in [0.15, 0.2) is 5.65 Å². The molecule has 3 aromatic heterocycles. The molecule has 2 aliphatic carbocycles. The van der Waals surface area contributed by atoms with Gasteiger partial charge in [-0.05, 0) is 50.2 Å². The lowest BCUT2D eigenvalue weighted by Crippen LogP contribution is -2.47. The number of carbonyl (C=O) groups is 2. The second-order valence-corrected chi connectivity index (χ2v) is 11.5. The Morgan fingerprint density at radius 1 is 1.24 bits per heavy atom. The SMILES string of the molecule is O=C(NC(c1cn2nc(CC3C[C@@H](C(F)(F)F)CNC3=O)ccc2n1)[C@H]1CCCC(F)(F)C1)c1conc1C1CC1. The fourth-order valence-corrected chi connectivity index (χ4v) is 5.99. The van der Waals surface area contributed by atoms with Gasteiger partial charge in [-0.15, -0.1) is 0 Å². The van der Waals surface area contributed by atoms with Crippen LogP contribution in [0.15, 0.2) is 29.1 Å². The average molecular weight is 581 g/mol. The smallest absolute Gasteiger partial charge is 0.364 e. The van der Waals surface area contributed by atoms with Gasteiger partial charge in [-0.25, -0.2) is 18.3 Å². The number of nitrogens with one attached hydrogen (secondary N) is 2. The molecule has 2 saturated carbocycles. The number of hydrogen-bond acceptors (Lipinski definition) is 6. The van der Waals surface area contributed by atoms with Gasteiger partial charge >= 0.3 is 6.18 Å². The fraction of sp³-hybridized carbons (Fsp3) is 0.593. The summed E-state index contributed by atoms with van der Waals surface area (Å²) in [4.78, 5) is 30.1. The molecular weight excluding hydrogens is 551 g/mol. The molecule has 3 fully saturated rings. The second-order valence-electron chi connectivity index (χ2n) is 11.5. The summed E-state index contributed by atoms with van der Waals surface area (Å²) in [7, 11) is 0. The van der Waals surface area contributed by atoms with Crippen LogP contribution < -0.4 is 10.6 Å². The summed E-state index contributed by atoms with van der Waals surface area (Å²) in [5.74, 6) is -6.80. The number of carbonyl (C=O) groups excluding carboxylic acids is 2. The lowest BCUT2D eigenvalue weighted by Gasteiger charge is -2.34. The van der Waals surface area contributed by atoms with Crippen LogP contribution in [-0.2, 0) is 11.2 Å². The zero-order valence-corrected chi connectivity index (χ0v) is 22.0. The zero-order valence-electron chi connectivity index (χ0n) is 22.0. The van der Waals surface area contributed by atoms with E-state index < -0.39 is 60.7 Å². The monoisotopic (exact) mass is 580 g/mol. The van der Waals surface area contributed by atoms with Crippen molar-refractivity contribution in [2.45, 2.75) is 75.4 Å². The first-order chi connectivity index (χ1) is 19.5. The van der Waals surface area contributed by atoms with Gasteiger partial charge < -0.3 is 15.2 Å². The van der Waals surface area contributed by atoms with Gasteiger partial charge in [0.1, 0.15) is 11.8 Å². The maximum Gasteiger partial charge on any atom is 0.393 e. The molecule has 4 atom stereocenters. The van der Waals surface area contributed by atoms with Crippen molar-refractivity contribution in [3.05, 3.63) is 47.2 Å². The van der Waals surface area contributed by atoms with Crippen LogP contribution in [-0.4, -0.2) is 50.2 Å². The van der Waals surface area contributed by atoms with Crippen molar-refractivity contribution in [2.24, 2.45) is 17.8 Å². The molecule has 4 heterocycles. The zero-order chi connectivity index (χ0) is 28.9. The normalized spacial score (nSPS) is 25.6. The third kappa shape index (κ3) is 5.91. The van der Waals surface area contributed by atoms with Crippen LogP contribution in [0.3, 0.4) is 0 Å². The minimum Gasteiger partial charge on any atom is -0.364 e. The van der Waals surface area contributed by atoms with E-state index >= 15 is 0 Å². The van der Waals surface area contributed by atoms with Gasteiger partial charge in [0.2, 0.25) is 11.8 Å². The summed E-state index contributed by atoms with van der Waals surface area (Å²) >= 11 is 0. The molecule has 2 amide bonds. The van der Waals surface area contributed by atoms with E-state index in [-0.39, 0.29) is 30.7 Å². The van der Waals surface area contributed by atoms with Crippen LogP contribution >= 0.6 is 0 Å². The van der Waals surface area contributed by atoms with Gasteiger partial charge in [-0.1, -0.05) is 5.16 Å². The number of aromatic nitrogens is 4. The van der Waals surface area contributed by atoms with Crippen LogP contribution in [0, 0.1) is 17.8 Å². The fourth-order valence-electron chi connectivity index (χ4n) is 5.99. The van der Waals surface area contributed by atoms with E-state index in [0.29, 0.717) is 35.6 Å². The Labute approximate surface area is 231 Å². The van der Waals surface area contributed by atoms with Crippen molar-refractivity contribution >= 4 is 17.5 Å². The summed E-state index contributed by atoms with van der Waals surface area (Å²) < 4.78 is 75.1. The molecule has 41 heavy (non-hydrogen) atoms. The Hall–Kier alpha value is -3.58. The summed E-state index contributed by atoms with van der Waals surface area (Å²) in [6, 6.07) is 2.34. The first-order valence-electron chi connectivity index (χ1n) is 13.8. The molecule has 2 N–H and O–H groups in total. The first-order valence-corrected chi connectivity index (χ1v) is 13.8. The number of imidazole rings is 1. The molecule has 3 aromatic rings. The van der Waals surface area contributed by atoms with E-state index in [0.717, 1.165) is 12.8 Å². The van der Waals surface area contributed by atoms with Crippen LogP contribution in [0.5, 0.6) is 0 Å². The highest BCUT2D eigenvalue weighted by Gasteiger charge is 2.45. The maximum absolute atomic E-state index is 14.5. The molecule has 220 valence electrons. The predicted octanol–water partition coefficient (Wildman–Crippen LogP) is 4.75. The number of fused-ring (bicyclic) bond motifs is 1. The van der Waals surface area contributed by atoms with E-state index in [2.05, 4.69) is 25.9 Å². The first kappa shape index (κ1) is 27.6. The van der Waals surface area contributed by atoms with E-state index in [1.807, 2.05) is 0 Å². The Morgan fingerprint density at radius 2 is 2.05 bits per heavy atom. The van der Waals surface area contributed by atoms with Gasteiger partial charge in [0, 0.05) is 37.6 Å². The number of amides is 2. The van der Waals surface area contributed by atoms with E-state index in [9.17, 15) is 31.5 Å². The third-order valence-electron chi connectivity index (χ3n) is 8.34. The molecule has 2 unspecified atom stereocenters. The highest BCUT2D eigenvalue weighted by Crippen LogP contribution is 2.43. The minimum absolute atomic E-state index is 0.00564. The highest BCUT2D eigenvalue weighted by molar-refractivity contribution is 5.95. The van der Waals surface area contributed by atoms with E-state index in [4.69, 9.17) is 4.52 Å². The largest absolute Gasteiger partial charge is 0.393 e. The summed E-state index contributed by atoms with van der Waals surface area (Å²) in [5, 5.41) is 13.6.